The summed E-state index contributed by atoms with van der Waals surface area (Å²) in [5.41, 5.74) is 0.875. The van der Waals surface area contributed by atoms with Gasteiger partial charge in [-0.3, -0.25) is 9.80 Å². The number of rotatable bonds is 6. The average molecular weight is 324 g/mol. The van der Waals surface area contributed by atoms with E-state index in [9.17, 15) is 8.42 Å². The van der Waals surface area contributed by atoms with Gasteiger partial charge in [0.05, 0.1) is 11.5 Å². The molecule has 2 rings (SSSR count). The van der Waals surface area contributed by atoms with Crippen LogP contribution in [0.15, 0.2) is 30.3 Å². The molecule has 0 aromatic heterocycles. The second kappa shape index (κ2) is 7.57. The lowest BCUT2D eigenvalue weighted by molar-refractivity contribution is 0.0505. The summed E-state index contributed by atoms with van der Waals surface area (Å²) in [6, 6.07) is 10.4. The molecule has 1 aliphatic heterocycles. The molecule has 0 aliphatic carbocycles. The summed E-state index contributed by atoms with van der Waals surface area (Å²) in [6.45, 7) is 10.3. The van der Waals surface area contributed by atoms with Gasteiger partial charge in [-0.15, -0.1) is 0 Å². The van der Waals surface area contributed by atoms with Crippen LogP contribution in [-0.2, 0) is 15.6 Å². The van der Waals surface area contributed by atoms with Crippen molar-refractivity contribution in [2.45, 2.75) is 38.6 Å². The fraction of sp³-hybridized carbons (Fsp3) is 0.647. The molecule has 1 aliphatic rings. The number of sulfone groups is 1. The van der Waals surface area contributed by atoms with Crippen molar-refractivity contribution in [3.05, 3.63) is 35.9 Å². The smallest absolute Gasteiger partial charge is 0.155 e. The van der Waals surface area contributed by atoms with Crippen molar-refractivity contribution in [1.82, 2.24) is 9.80 Å². The second-order valence-electron chi connectivity index (χ2n) is 6.36. The SMILES string of the molecule is CCN1CC(C)N(CCS(=O)(=O)Cc2ccccc2)CC1C. The number of hydrogen-bond acceptors (Lipinski definition) is 4. The van der Waals surface area contributed by atoms with Crippen LogP contribution in [0.4, 0.5) is 0 Å². The van der Waals surface area contributed by atoms with Crippen molar-refractivity contribution < 1.29 is 8.42 Å². The summed E-state index contributed by atoms with van der Waals surface area (Å²) in [5.74, 6) is 0.387. The highest BCUT2D eigenvalue weighted by molar-refractivity contribution is 7.90. The Morgan fingerprint density at radius 2 is 1.64 bits per heavy atom. The van der Waals surface area contributed by atoms with Gasteiger partial charge < -0.3 is 0 Å². The van der Waals surface area contributed by atoms with E-state index in [1.165, 1.54) is 0 Å². The first kappa shape index (κ1) is 17.4. The fourth-order valence-corrected chi connectivity index (χ4v) is 4.54. The van der Waals surface area contributed by atoms with Crippen molar-refractivity contribution >= 4 is 9.84 Å². The molecule has 0 bridgehead atoms. The first-order valence-electron chi connectivity index (χ1n) is 8.13. The molecule has 1 heterocycles. The zero-order valence-electron chi connectivity index (χ0n) is 13.9. The maximum absolute atomic E-state index is 12.3. The monoisotopic (exact) mass is 324 g/mol. The van der Waals surface area contributed by atoms with E-state index in [2.05, 4.69) is 30.6 Å². The highest BCUT2D eigenvalue weighted by atomic mass is 32.2. The standard InChI is InChI=1S/C17H28N2O2S/c1-4-18-12-16(3)19(13-15(18)2)10-11-22(20,21)14-17-8-6-5-7-9-17/h5-9,15-16H,4,10-14H2,1-3H3. The first-order chi connectivity index (χ1) is 10.4. The Morgan fingerprint density at radius 3 is 2.27 bits per heavy atom. The number of benzene rings is 1. The minimum absolute atomic E-state index is 0.146. The minimum Gasteiger partial charge on any atom is -0.298 e. The lowest BCUT2D eigenvalue weighted by Crippen LogP contribution is -2.56. The number of hydrogen-bond donors (Lipinski definition) is 0. The van der Waals surface area contributed by atoms with Crippen LogP contribution in [0.25, 0.3) is 0 Å². The summed E-state index contributed by atoms with van der Waals surface area (Å²) in [6.07, 6.45) is 0. The van der Waals surface area contributed by atoms with Crippen LogP contribution in [0.5, 0.6) is 0 Å². The van der Waals surface area contributed by atoms with E-state index in [-0.39, 0.29) is 11.5 Å². The van der Waals surface area contributed by atoms with Crippen LogP contribution < -0.4 is 0 Å². The minimum atomic E-state index is -3.05. The quantitative estimate of drug-likeness (QED) is 0.803. The molecular formula is C17H28N2O2S. The molecular weight excluding hydrogens is 296 g/mol. The third-order valence-electron chi connectivity index (χ3n) is 4.57. The van der Waals surface area contributed by atoms with E-state index < -0.39 is 9.84 Å². The second-order valence-corrected chi connectivity index (χ2v) is 8.54. The van der Waals surface area contributed by atoms with E-state index >= 15 is 0 Å². The summed E-state index contributed by atoms with van der Waals surface area (Å²) < 4.78 is 24.6. The lowest BCUT2D eigenvalue weighted by Gasteiger charge is -2.43. The molecule has 0 radical (unpaired) electrons. The van der Waals surface area contributed by atoms with Crippen LogP contribution >= 0.6 is 0 Å². The molecule has 2 unspecified atom stereocenters. The Hall–Kier alpha value is -0.910. The zero-order chi connectivity index (χ0) is 16.2. The fourth-order valence-electron chi connectivity index (χ4n) is 3.18. The number of piperazine rings is 1. The molecule has 4 nitrogen and oxygen atoms in total. The largest absolute Gasteiger partial charge is 0.298 e. The molecule has 0 saturated carbocycles. The highest BCUT2D eigenvalue weighted by Crippen LogP contribution is 2.15. The Labute approximate surface area is 135 Å². The highest BCUT2D eigenvalue weighted by Gasteiger charge is 2.28. The topological polar surface area (TPSA) is 40.6 Å². The predicted molar refractivity (Wildman–Crippen MR) is 91.7 cm³/mol. The average Bonchev–Trinajstić information content (AvgIpc) is 2.48. The summed E-state index contributed by atoms with van der Waals surface area (Å²) in [5, 5.41) is 0. The van der Waals surface area contributed by atoms with E-state index in [0.717, 1.165) is 25.2 Å². The van der Waals surface area contributed by atoms with Crippen LogP contribution in [0.1, 0.15) is 26.3 Å². The van der Waals surface area contributed by atoms with Gasteiger partial charge in [-0.05, 0) is 26.0 Å². The van der Waals surface area contributed by atoms with E-state index in [1.807, 2.05) is 30.3 Å². The Morgan fingerprint density at radius 1 is 1.05 bits per heavy atom. The lowest BCUT2D eigenvalue weighted by atomic mass is 10.1. The molecule has 5 heteroatoms. The van der Waals surface area contributed by atoms with Crippen LogP contribution in [0.3, 0.4) is 0 Å². The van der Waals surface area contributed by atoms with Gasteiger partial charge in [-0.1, -0.05) is 37.3 Å². The summed E-state index contributed by atoms with van der Waals surface area (Å²) >= 11 is 0. The molecule has 0 spiro atoms. The number of likely N-dealkylation sites (N-methyl/N-ethyl adjacent to an activating group) is 1. The molecule has 124 valence electrons. The van der Waals surface area contributed by atoms with Crippen LogP contribution in [-0.4, -0.2) is 62.2 Å². The van der Waals surface area contributed by atoms with Crippen molar-refractivity contribution in [2.75, 3.05) is 31.9 Å². The summed E-state index contributed by atoms with van der Waals surface area (Å²) in [4.78, 5) is 4.78. The van der Waals surface area contributed by atoms with Gasteiger partial charge in [0.15, 0.2) is 9.84 Å². The van der Waals surface area contributed by atoms with E-state index in [1.54, 1.807) is 0 Å². The van der Waals surface area contributed by atoms with Crippen molar-refractivity contribution in [2.24, 2.45) is 0 Å². The van der Waals surface area contributed by atoms with Gasteiger partial charge in [0.2, 0.25) is 0 Å². The van der Waals surface area contributed by atoms with E-state index in [4.69, 9.17) is 0 Å². The molecule has 1 aromatic rings. The van der Waals surface area contributed by atoms with Crippen LogP contribution in [0, 0.1) is 0 Å². The maximum Gasteiger partial charge on any atom is 0.155 e. The molecule has 1 saturated heterocycles. The normalized spacial score (nSPS) is 24.5. The Kier molecular flexibility index (Phi) is 6.01. The first-order valence-corrected chi connectivity index (χ1v) is 9.96. The van der Waals surface area contributed by atoms with Crippen molar-refractivity contribution in [3.63, 3.8) is 0 Å². The molecule has 2 atom stereocenters. The van der Waals surface area contributed by atoms with Gasteiger partial charge in [-0.25, -0.2) is 8.42 Å². The van der Waals surface area contributed by atoms with Gasteiger partial charge in [0.1, 0.15) is 0 Å². The van der Waals surface area contributed by atoms with Gasteiger partial charge in [-0.2, -0.15) is 0 Å². The third-order valence-corrected chi connectivity index (χ3v) is 6.15. The van der Waals surface area contributed by atoms with Gasteiger partial charge in [0, 0.05) is 31.7 Å². The molecule has 0 N–H and O–H groups in total. The Balaban J connectivity index is 1.89. The van der Waals surface area contributed by atoms with Crippen molar-refractivity contribution in [3.8, 4) is 0 Å². The van der Waals surface area contributed by atoms with Gasteiger partial charge in [0.25, 0.3) is 0 Å². The van der Waals surface area contributed by atoms with E-state index in [0.29, 0.717) is 18.6 Å². The zero-order valence-corrected chi connectivity index (χ0v) is 14.7. The van der Waals surface area contributed by atoms with Crippen molar-refractivity contribution in [1.29, 1.82) is 0 Å². The molecule has 22 heavy (non-hydrogen) atoms. The Bertz CT molecular complexity index is 559. The molecule has 1 aromatic carbocycles. The maximum atomic E-state index is 12.3. The third kappa shape index (κ3) is 4.80. The summed E-state index contributed by atoms with van der Waals surface area (Å²) in [7, 11) is -3.05. The molecule has 1 fully saturated rings. The number of nitrogens with zero attached hydrogens (tertiary/aromatic N) is 2. The van der Waals surface area contributed by atoms with Gasteiger partial charge >= 0.3 is 0 Å². The predicted octanol–water partition coefficient (Wildman–Crippen LogP) is 2.02. The molecule has 0 amide bonds. The van der Waals surface area contributed by atoms with Crippen LogP contribution in [0.2, 0.25) is 0 Å².